The van der Waals surface area contributed by atoms with Crippen LogP contribution in [0.2, 0.25) is 0 Å². The van der Waals surface area contributed by atoms with Gasteiger partial charge in [0.05, 0.1) is 16.2 Å². The van der Waals surface area contributed by atoms with Gasteiger partial charge in [0.15, 0.2) is 0 Å². The van der Waals surface area contributed by atoms with Crippen molar-refractivity contribution in [2.75, 3.05) is 10.7 Å². The van der Waals surface area contributed by atoms with Crippen LogP contribution in [0, 0.1) is 17.0 Å². The Morgan fingerprint density at radius 1 is 1.33 bits per heavy atom. The molecule has 2 aromatic rings. The topological polar surface area (TPSA) is 123 Å². The van der Waals surface area contributed by atoms with E-state index in [1.807, 2.05) is 6.92 Å². The van der Waals surface area contributed by atoms with Crippen LogP contribution in [0.5, 0.6) is 0 Å². The maximum atomic E-state index is 12.2. The number of carbonyl (C=O) groups excluding carboxylic acids is 1. The van der Waals surface area contributed by atoms with Crippen LogP contribution >= 0.6 is 0 Å². The number of aryl methyl sites for hydroxylation is 1. The van der Waals surface area contributed by atoms with Gasteiger partial charge in [0, 0.05) is 18.3 Å². The molecule has 0 spiro atoms. The minimum Gasteiger partial charge on any atom is -0.323 e. The van der Waals surface area contributed by atoms with Crippen LogP contribution in [0.15, 0.2) is 36.5 Å². The van der Waals surface area contributed by atoms with Gasteiger partial charge in [-0.05, 0) is 30.7 Å². The molecule has 0 aliphatic heterocycles. The molecule has 8 nitrogen and oxygen atoms in total. The van der Waals surface area contributed by atoms with Crippen LogP contribution in [-0.2, 0) is 0 Å². The SMILES string of the molecule is Cc1ccnc(NC(=O)c2cc([N+](=O)[O-])ccc2NN)c1. The number of hydrazine groups is 1. The first-order valence-electron chi connectivity index (χ1n) is 6.00. The fourth-order valence-corrected chi connectivity index (χ4v) is 1.75. The fraction of sp³-hybridized carbons (Fsp3) is 0.0769. The number of aromatic nitrogens is 1. The normalized spacial score (nSPS) is 10.0. The lowest BCUT2D eigenvalue weighted by Gasteiger charge is -2.09. The van der Waals surface area contributed by atoms with Gasteiger partial charge in [0.25, 0.3) is 11.6 Å². The molecule has 1 amide bonds. The fourth-order valence-electron chi connectivity index (χ4n) is 1.75. The molecule has 1 aromatic carbocycles. The van der Waals surface area contributed by atoms with Gasteiger partial charge in [-0.15, -0.1) is 0 Å². The van der Waals surface area contributed by atoms with Gasteiger partial charge >= 0.3 is 0 Å². The summed E-state index contributed by atoms with van der Waals surface area (Å²) in [5.41, 5.74) is 3.41. The Morgan fingerprint density at radius 3 is 2.71 bits per heavy atom. The van der Waals surface area contributed by atoms with E-state index in [1.54, 1.807) is 18.3 Å². The maximum Gasteiger partial charge on any atom is 0.270 e. The number of anilines is 2. The summed E-state index contributed by atoms with van der Waals surface area (Å²) in [5, 5.41) is 13.4. The zero-order chi connectivity index (χ0) is 15.4. The first-order chi connectivity index (χ1) is 10.0. The zero-order valence-electron chi connectivity index (χ0n) is 11.2. The van der Waals surface area contributed by atoms with Gasteiger partial charge in [-0.1, -0.05) is 0 Å². The van der Waals surface area contributed by atoms with Gasteiger partial charge in [-0.3, -0.25) is 20.8 Å². The first kappa shape index (κ1) is 14.4. The summed E-state index contributed by atoms with van der Waals surface area (Å²) in [4.78, 5) is 26.4. The summed E-state index contributed by atoms with van der Waals surface area (Å²) in [6, 6.07) is 7.26. The number of amides is 1. The van der Waals surface area contributed by atoms with Gasteiger partial charge in [0.2, 0.25) is 0 Å². The quantitative estimate of drug-likeness (QED) is 0.448. The zero-order valence-corrected chi connectivity index (χ0v) is 11.2. The molecule has 108 valence electrons. The third kappa shape index (κ3) is 3.31. The Hall–Kier alpha value is -3.00. The van der Waals surface area contributed by atoms with Crippen molar-refractivity contribution in [2.45, 2.75) is 6.92 Å². The number of hydrogen-bond acceptors (Lipinski definition) is 6. The molecule has 0 saturated heterocycles. The first-order valence-corrected chi connectivity index (χ1v) is 6.00. The second-order valence-electron chi connectivity index (χ2n) is 4.30. The highest BCUT2D eigenvalue weighted by Gasteiger charge is 2.16. The number of benzene rings is 1. The van der Waals surface area contributed by atoms with E-state index in [1.165, 1.54) is 12.1 Å². The van der Waals surface area contributed by atoms with Crippen LogP contribution < -0.4 is 16.6 Å². The number of nitrogen functional groups attached to an aromatic ring is 1. The van der Waals surface area contributed by atoms with Crippen LogP contribution in [0.3, 0.4) is 0 Å². The van der Waals surface area contributed by atoms with Crippen LogP contribution in [0.1, 0.15) is 15.9 Å². The number of nitro benzene ring substituents is 1. The summed E-state index contributed by atoms with van der Waals surface area (Å²) in [6.45, 7) is 1.86. The lowest BCUT2D eigenvalue weighted by molar-refractivity contribution is -0.384. The number of hydrogen-bond donors (Lipinski definition) is 3. The lowest BCUT2D eigenvalue weighted by atomic mass is 10.1. The molecule has 1 aromatic heterocycles. The van der Waals surface area contributed by atoms with Crippen molar-refractivity contribution in [3.63, 3.8) is 0 Å². The monoisotopic (exact) mass is 287 g/mol. The summed E-state index contributed by atoms with van der Waals surface area (Å²) in [7, 11) is 0. The van der Waals surface area contributed by atoms with E-state index in [2.05, 4.69) is 15.7 Å². The van der Waals surface area contributed by atoms with E-state index in [4.69, 9.17) is 5.84 Å². The molecular weight excluding hydrogens is 274 g/mol. The number of nitro groups is 1. The molecule has 0 fully saturated rings. The Labute approximate surface area is 120 Å². The maximum absolute atomic E-state index is 12.2. The minimum absolute atomic E-state index is 0.0648. The molecule has 4 N–H and O–H groups in total. The average molecular weight is 287 g/mol. The summed E-state index contributed by atoms with van der Waals surface area (Å²) in [5.74, 6) is 5.14. The molecule has 0 unspecified atom stereocenters. The number of carbonyl (C=O) groups is 1. The summed E-state index contributed by atoms with van der Waals surface area (Å²) in [6.07, 6.45) is 1.56. The van der Waals surface area contributed by atoms with Crippen molar-refractivity contribution in [3.05, 3.63) is 57.8 Å². The Bertz CT molecular complexity index is 702. The van der Waals surface area contributed by atoms with E-state index >= 15 is 0 Å². The molecule has 0 aliphatic carbocycles. The van der Waals surface area contributed by atoms with Gasteiger partial charge in [-0.2, -0.15) is 0 Å². The molecule has 0 radical (unpaired) electrons. The van der Waals surface area contributed by atoms with Crippen LogP contribution in [0.25, 0.3) is 0 Å². The van der Waals surface area contributed by atoms with Crippen molar-refractivity contribution < 1.29 is 9.72 Å². The number of pyridine rings is 1. The number of nitrogens with two attached hydrogens (primary N) is 1. The number of nitrogens with one attached hydrogen (secondary N) is 2. The van der Waals surface area contributed by atoms with E-state index in [0.717, 1.165) is 11.6 Å². The Kier molecular flexibility index (Phi) is 4.10. The second kappa shape index (κ2) is 5.97. The average Bonchev–Trinajstić information content (AvgIpc) is 2.46. The third-order valence-electron chi connectivity index (χ3n) is 2.77. The van der Waals surface area contributed by atoms with E-state index in [9.17, 15) is 14.9 Å². The Morgan fingerprint density at radius 2 is 2.10 bits per heavy atom. The molecule has 0 aliphatic rings. The molecule has 8 heteroatoms. The van der Waals surface area contributed by atoms with Gasteiger partial charge < -0.3 is 10.7 Å². The predicted octanol–water partition coefficient (Wildman–Crippen LogP) is 1.84. The predicted molar refractivity (Wildman–Crippen MR) is 77.8 cm³/mol. The molecule has 0 atom stereocenters. The lowest BCUT2D eigenvalue weighted by Crippen LogP contribution is -2.18. The standard InChI is InChI=1S/C13H13N5O3/c1-8-4-5-15-12(6-8)16-13(19)10-7-9(18(20)21)2-3-11(10)17-14/h2-7,17H,14H2,1H3,(H,15,16,19). The van der Waals surface area contributed by atoms with Crippen molar-refractivity contribution in [3.8, 4) is 0 Å². The smallest absolute Gasteiger partial charge is 0.270 e. The minimum atomic E-state index is -0.581. The second-order valence-corrected chi connectivity index (χ2v) is 4.30. The Balaban J connectivity index is 2.33. The van der Waals surface area contributed by atoms with Crippen LogP contribution in [0.4, 0.5) is 17.2 Å². The van der Waals surface area contributed by atoms with Gasteiger partial charge in [-0.25, -0.2) is 4.98 Å². The number of rotatable bonds is 4. The highest BCUT2D eigenvalue weighted by Crippen LogP contribution is 2.22. The number of nitrogens with zero attached hydrogens (tertiary/aromatic N) is 2. The highest BCUT2D eigenvalue weighted by atomic mass is 16.6. The third-order valence-corrected chi connectivity index (χ3v) is 2.77. The van der Waals surface area contributed by atoms with Crippen LogP contribution in [-0.4, -0.2) is 15.8 Å². The molecular formula is C13H13N5O3. The van der Waals surface area contributed by atoms with Crippen molar-refractivity contribution >= 4 is 23.1 Å². The summed E-state index contributed by atoms with van der Waals surface area (Å²) < 4.78 is 0. The van der Waals surface area contributed by atoms with E-state index < -0.39 is 10.8 Å². The van der Waals surface area contributed by atoms with Crippen molar-refractivity contribution in [2.24, 2.45) is 5.84 Å². The van der Waals surface area contributed by atoms with Crippen molar-refractivity contribution in [1.29, 1.82) is 0 Å². The summed E-state index contributed by atoms with van der Waals surface area (Å²) >= 11 is 0. The molecule has 0 bridgehead atoms. The molecule has 0 saturated carbocycles. The molecule has 2 rings (SSSR count). The largest absolute Gasteiger partial charge is 0.323 e. The van der Waals surface area contributed by atoms with Gasteiger partial charge in [0.1, 0.15) is 5.82 Å². The molecule has 21 heavy (non-hydrogen) atoms. The highest BCUT2D eigenvalue weighted by molar-refractivity contribution is 6.08. The number of non-ortho nitro benzene ring substituents is 1. The molecule has 1 heterocycles. The van der Waals surface area contributed by atoms with Crippen molar-refractivity contribution in [1.82, 2.24) is 4.98 Å². The van der Waals surface area contributed by atoms with E-state index in [-0.39, 0.29) is 16.9 Å². The van der Waals surface area contributed by atoms with E-state index in [0.29, 0.717) is 5.82 Å².